The summed E-state index contributed by atoms with van der Waals surface area (Å²) in [5, 5.41) is 5.92. The van der Waals surface area contributed by atoms with E-state index in [9.17, 15) is 4.79 Å². The molecule has 0 spiro atoms. The van der Waals surface area contributed by atoms with E-state index in [1.165, 1.54) is 35.6 Å². The van der Waals surface area contributed by atoms with Crippen molar-refractivity contribution in [2.75, 3.05) is 13.1 Å². The van der Waals surface area contributed by atoms with Crippen LogP contribution in [0.25, 0.3) is 10.8 Å². The molecule has 4 rings (SSSR count). The fourth-order valence-corrected chi connectivity index (χ4v) is 3.77. The fraction of sp³-hybridized carbons (Fsp3) is 0.476. The van der Waals surface area contributed by atoms with Gasteiger partial charge in [0.05, 0.1) is 0 Å². The summed E-state index contributed by atoms with van der Waals surface area (Å²) < 4.78 is 0. The van der Waals surface area contributed by atoms with E-state index in [2.05, 4.69) is 52.7 Å². The van der Waals surface area contributed by atoms with Gasteiger partial charge in [-0.05, 0) is 67.1 Å². The molecule has 1 atom stereocenters. The van der Waals surface area contributed by atoms with Gasteiger partial charge in [0, 0.05) is 19.0 Å². The zero-order valence-electron chi connectivity index (χ0n) is 14.2. The zero-order chi connectivity index (χ0) is 16.4. The van der Waals surface area contributed by atoms with E-state index >= 15 is 0 Å². The molecule has 1 saturated heterocycles. The number of rotatable bonds is 6. The second kappa shape index (κ2) is 6.94. The van der Waals surface area contributed by atoms with Crippen LogP contribution in [0.4, 0.5) is 0 Å². The third-order valence-corrected chi connectivity index (χ3v) is 5.40. The first-order valence-corrected chi connectivity index (χ1v) is 9.27. The Bertz CT molecular complexity index is 717. The molecule has 2 aliphatic rings. The van der Waals surface area contributed by atoms with Crippen LogP contribution in [0.5, 0.6) is 0 Å². The molecule has 1 aliphatic heterocycles. The van der Waals surface area contributed by atoms with Gasteiger partial charge in [0.1, 0.15) is 0 Å². The van der Waals surface area contributed by atoms with Crippen LogP contribution in [0.2, 0.25) is 0 Å². The number of carbonyl (C=O) groups excluding carboxylic acids is 1. The molecule has 0 bridgehead atoms. The Morgan fingerprint density at radius 1 is 1.08 bits per heavy atom. The summed E-state index contributed by atoms with van der Waals surface area (Å²) in [5.74, 6) is 1.04. The highest BCUT2D eigenvalue weighted by Gasteiger charge is 2.32. The molecule has 0 radical (unpaired) electrons. The van der Waals surface area contributed by atoms with Crippen LogP contribution < -0.4 is 5.32 Å². The molecule has 1 aliphatic carbocycles. The molecule has 0 aromatic heterocycles. The van der Waals surface area contributed by atoms with Gasteiger partial charge in [0.2, 0.25) is 5.91 Å². The molecular weight excluding hydrogens is 296 g/mol. The van der Waals surface area contributed by atoms with Crippen molar-refractivity contribution in [3.63, 3.8) is 0 Å². The van der Waals surface area contributed by atoms with E-state index in [0.717, 1.165) is 26.1 Å². The molecule has 3 nitrogen and oxygen atoms in total. The third-order valence-electron chi connectivity index (χ3n) is 5.40. The molecule has 2 aromatic carbocycles. The molecule has 126 valence electrons. The zero-order valence-corrected chi connectivity index (χ0v) is 14.2. The van der Waals surface area contributed by atoms with Crippen molar-refractivity contribution in [1.82, 2.24) is 10.2 Å². The number of benzene rings is 2. The maximum atomic E-state index is 12.8. The van der Waals surface area contributed by atoms with E-state index < -0.39 is 0 Å². The van der Waals surface area contributed by atoms with Crippen LogP contribution in [0, 0.1) is 5.92 Å². The maximum Gasteiger partial charge on any atom is 0.223 e. The number of hydrogen-bond donors (Lipinski definition) is 1. The number of hydrogen-bond acceptors (Lipinski definition) is 2. The molecule has 1 saturated carbocycles. The first-order valence-electron chi connectivity index (χ1n) is 9.27. The van der Waals surface area contributed by atoms with E-state index in [0.29, 0.717) is 24.3 Å². The highest BCUT2D eigenvalue weighted by atomic mass is 16.2. The Balaban J connectivity index is 1.43. The fourth-order valence-electron chi connectivity index (χ4n) is 3.77. The lowest BCUT2D eigenvalue weighted by molar-refractivity contribution is -0.132. The number of fused-ring (bicyclic) bond motifs is 1. The standard InChI is InChI=1S/C21H26N2O/c24-21(10-6-16-11-12-22-14-16)23(20-8-9-20)15-17-5-7-18-3-1-2-4-19(18)13-17/h1-5,7,13,16,20,22H,6,8-12,14-15H2. The second-order valence-corrected chi connectivity index (χ2v) is 7.33. The number of amides is 1. The summed E-state index contributed by atoms with van der Waals surface area (Å²) in [6.07, 6.45) is 5.30. The summed E-state index contributed by atoms with van der Waals surface area (Å²) in [6.45, 7) is 2.96. The summed E-state index contributed by atoms with van der Waals surface area (Å²) >= 11 is 0. The molecule has 1 heterocycles. The van der Waals surface area contributed by atoms with Crippen LogP contribution >= 0.6 is 0 Å². The summed E-state index contributed by atoms with van der Waals surface area (Å²) in [7, 11) is 0. The van der Waals surface area contributed by atoms with Gasteiger partial charge in [0.25, 0.3) is 0 Å². The number of nitrogens with one attached hydrogen (secondary N) is 1. The third kappa shape index (κ3) is 3.62. The topological polar surface area (TPSA) is 32.3 Å². The highest BCUT2D eigenvalue weighted by Crippen LogP contribution is 2.30. The van der Waals surface area contributed by atoms with Crippen molar-refractivity contribution >= 4 is 16.7 Å². The quantitative estimate of drug-likeness (QED) is 0.879. The van der Waals surface area contributed by atoms with E-state index in [4.69, 9.17) is 0 Å². The minimum absolute atomic E-state index is 0.345. The molecule has 1 amide bonds. The van der Waals surface area contributed by atoms with Gasteiger partial charge in [-0.25, -0.2) is 0 Å². The van der Waals surface area contributed by atoms with E-state index in [1.807, 2.05) is 0 Å². The second-order valence-electron chi connectivity index (χ2n) is 7.33. The van der Waals surface area contributed by atoms with Crippen molar-refractivity contribution in [3.05, 3.63) is 48.0 Å². The van der Waals surface area contributed by atoms with Crippen molar-refractivity contribution in [2.45, 2.75) is 44.7 Å². The summed E-state index contributed by atoms with van der Waals surface area (Å²) in [5.41, 5.74) is 1.25. The molecule has 1 N–H and O–H groups in total. The number of carbonyl (C=O) groups is 1. The minimum Gasteiger partial charge on any atom is -0.335 e. The Morgan fingerprint density at radius 3 is 2.67 bits per heavy atom. The molecule has 24 heavy (non-hydrogen) atoms. The Hall–Kier alpha value is -1.87. The van der Waals surface area contributed by atoms with Gasteiger partial charge in [0.15, 0.2) is 0 Å². The predicted molar refractivity (Wildman–Crippen MR) is 97.7 cm³/mol. The highest BCUT2D eigenvalue weighted by molar-refractivity contribution is 5.83. The SMILES string of the molecule is O=C(CCC1CCNC1)N(Cc1ccc2ccccc2c1)C1CC1. The van der Waals surface area contributed by atoms with E-state index in [1.54, 1.807) is 0 Å². The van der Waals surface area contributed by atoms with Gasteiger partial charge >= 0.3 is 0 Å². The Labute approximate surface area is 144 Å². The number of nitrogens with zero attached hydrogens (tertiary/aromatic N) is 1. The molecule has 3 heteroatoms. The van der Waals surface area contributed by atoms with Crippen LogP contribution in [-0.4, -0.2) is 29.9 Å². The molecule has 2 fully saturated rings. The minimum atomic E-state index is 0.345. The van der Waals surface area contributed by atoms with Crippen LogP contribution in [0.3, 0.4) is 0 Å². The monoisotopic (exact) mass is 322 g/mol. The van der Waals surface area contributed by atoms with Gasteiger partial charge < -0.3 is 10.2 Å². The van der Waals surface area contributed by atoms with Crippen molar-refractivity contribution < 1.29 is 4.79 Å². The van der Waals surface area contributed by atoms with Gasteiger partial charge in [-0.3, -0.25) is 4.79 Å². The van der Waals surface area contributed by atoms with E-state index in [-0.39, 0.29) is 0 Å². The lowest BCUT2D eigenvalue weighted by Gasteiger charge is -2.23. The smallest absolute Gasteiger partial charge is 0.223 e. The largest absolute Gasteiger partial charge is 0.335 e. The Kier molecular flexibility index (Phi) is 4.52. The van der Waals surface area contributed by atoms with Gasteiger partial charge in [-0.1, -0.05) is 36.4 Å². The predicted octanol–water partition coefficient (Wildman–Crippen LogP) is 3.72. The van der Waals surface area contributed by atoms with Gasteiger partial charge in [-0.2, -0.15) is 0 Å². The average Bonchev–Trinajstić information content (AvgIpc) is 3.32. The van der Waals surface area contributed by atoms with Crippen molar-refractivity contribution in [1.29, 1.82) is 0 Å². The summed E-state index contributed by atoms with van der Waals surface area (Å²) in [6, 6.07) is 15.5. The Morgan fingerprint density at radius 2 is 1.92 bits per heavy atom. The normalized spacial score (nSPS) is 20.4. The first-order chi connectivity index (χ1) is 11.8. The van der Waals surface area contributed by atoms with Crippen LogP contribution in [0.1, 0.15) is 37.7 Å². The van der Waals surface area contributed by atoms with Crippen molar-refractivity contribution in [3.8, 4) is 0 Å². The van der Waals surface area contributed by atoms with Crippen molar-refractivity contribution in [2.24, 2.45) is 5.92 Å². The van der Waals surface area contributed by atoms with Crippen LogP contribution in [0.15, 0.2) is 42.5 Å². The first kappa shape index (κ1) is 15.6. The lowest BCUT2D eigenvalue weighted by Crippen LogP contribution is -2.32. The molecule has 2 aromatic rings. The maximum absolute atomic E-state index is 12.8. The van der Waals surface area contributed by atoms with Gasteiger partial charge in [-0.15, -0.1) is 0 Å². The lowest BCUT2D eigenvalue weighted by atomic mass is 10.0. The average molecular weight is 322 g/mol. The van der Waals surface area contributed by atoms with Crippen LogP contribution in [-0.2, 0) is 11.3 Å². The molecule has 1 unspecified atom stereocenters. The molecular formula is C21H26N2O. The summed E-state index contributed by atoms with van der Waals surface area (Å²) in [4.78, 5) is 14.9.